The molecule has 2 rings (SSSR count). The van der Waals surface area contributed by atoms with E-state index in [4.69, 9.17) is 14.6 Å². The minimum Gasteiger partial charge on any atom is -0.495 e. The number of benzene rings is 2. The molecule has 0 radical (unpaired) electrons. The van der Waals surface area contributed by atoms with E-state index < -0.39 is 15.9 Å². The first-order chi connectivity index (χ1) is 12.6. The van der Waals surface area contributed by atoms with Crippen LogP contribution in [-0.2, 0) is 14.8 Å². The number of aryl methyl sites for hydroxylation is 1. The summed E-state index contributed by atoms with van der Waals surface area (Å²) < 4.78 is 33.8. The number of anilines is 1. The van der Waals surface area contributed by atoms with Crippen LogP contribution in [0.3, 0.4) is 0 Å². The Morgan fingerprint density at radius 3 is 2.44 bits per heavy atom. The highest BCUT2D eigenvalue weighted by molar-refractivity contribution is 7.89. The Balaban J connectivity index is 2.05. The number of ether oxygens (including phenoxy) is 2. The Morgan fingerprint density at radius 2 is 1.89 bits per heavy atom. The molecule has 8 heteroatoms. The van der Waals surface area contributed by atoms with E-state index in [-0.39, 0.29) is 22.9 Å². The molecule has 0 aliphatic heterocycles. The zero-order chi connectivity index (χ0) is 20.2. The van der Waals surface area contributed by atoms with Gasteiger partial charge in [-0.1, -0.05) is 19.9 Å². The van der Waals surface area contributed by atoms with Crippen molar-refractivity contribution in [3.05, 3.63) is 47.5 Å². The Kier molecular flexibility index (Phi) is 6.45. The number of sulfonamides is 1. The van der Waals surface area contributed by atoms with Crippen molar-refractivity contribution in [3.8, 4) is 11.5 Å². The van der Waals surface area contributed by atoms with Gasteiger partial charge < -0.3 is 14.8 Å². The lowest BCUT2D eigenvalue weighted by Gasteiger charge is -2.13. The standard InChI is InChI=1S/C19H24N2O5S/c1-12(2)16-7-6-15(9-13(16)3)26-11-19(22)21-14-5-8-17(25-4)18(10-14)27(20,23)24/h5-10,12H,11H2,1-4H3,(H,21,22)(H2,20,23,24). The fraction of sp³-hybridized carbons (Fsp3) is 0.316. The number of hydrogen-bond donors (Lipinski definition) is 2. The molecule has 0 aromatic heterocycles. The average Bonchev–Trinajstić information content (AvgIpc) is 2.59. The molecule has 0 saturated heterocycles. The molecule has 27 heavy (non-hydrogen) atoms. The first-order valence-corrected chi connectivity index (χ1v) is 9.90. The predicted molar refractivity (Wildman–Crippen MR) is 104 cm³/mol. The number of carbonyl (C=O) groups excluding carboxylic acids is 1. The molecule has 0 unspecified atom stereocenters. The highest BCUT2D eigenvalue weighted by Gasteiger charge is 2.16. The van der Waals surface area contributed by atoms with Crippen molar-refractivity contribution in [2.24, 2.45) is 5.14 Å². The molecule has 0 aliphatic carbocycles. The van der Waals surface area contributed by atoms with Gasteiger partial charge >= 0.3 is 0 Å². The second-order valence-corrected chi connectivity index (χ2v) is 7.95. The Hall–Kier alpha value is -2.58. The molecule has 7 nitrogen and oxygen atoms in total. The molecule has 0 heterocycles. The van der Waals surface area contributed by atoms with Crippen LogP contribution in [0.4, 0.5) is 5.69 Å². The summed E-state index contributed by atoms with van der Waals surface area (Å²) in [6.07, 6.45) is 0. The summed E-state index contributed by atoms with van der Waals surface area (Å²) >= 11 is 0. The SMILES string of the molecule is COc1ccc(NC(=O)COc2ccc(C(C)C)c(C)c2)cc1S(N)(=O)=O. The fourth-order valence-electron chi connectivity index (χ4n) is 2.71. The van der Waals surface area contributed by atoms with Crippen LogP contribution in [0.2, 0.25) is 0 Å². The molecular formula is C19H24N2O5S. The van der Waals surface area contributed by atoms with Crippen LogP contribution in [0.1, 0.15) is 30.9 Å². The predicted octanol–water partition coefficient (Wildman–Crippen LogP) is 2.79. The van der Waals surface area contributed by atoms with Gasteiger partial charge in [0, 0.05) is 5.69 Å². The zero-order valence-electron chi connectivity index (χ0n) is 15.8. The van der Waals surface area contributed by atoms with Crippen molar-refractivity contribution in [3.63, 3.8) is 0 Å². The van der Waals surface area contributed by atoms with Gasteiger partial charge in [-0.05, 0) is 54.3 Å². The fourth-order valence-corrected chi connectivity index (χ4v) is 3.43. The van der Waals surface area contributed by atoms with E-state index in [1.54, 1.807) is 0 Å². The number of nitrogens with one attached hydrogen (secondary N) is 1. The van der Waals surface area contributed by atoms with Crippen LogP contribution in [0, 0.1) is 6.92 Å². The van der Waals surface area contributed by atoms with Gasteiger partial charge in [0.25, 0.3) is 5.91 Å². The minimum atomic E-state index is -3.98. The van der Waals surface area contributed by atoms with Crippen molar-refractivity contribution in [1.29, 1.82) is 0 Å². The van der Waals surface area contributed by atoms with E-state index >= 15 is 0 Å². The van der Waals surface area contributed by atoms with Gasteiger partial charge in [-0.25, -0.2) is 13.6 Å². The van der Waals surface area contributed by atoms with Crippen molar-refractivity contribution in [2.45, 2.75) is 31.6 Å². The normalized spacial score (nSPS) is 11.3. The Bertz CT molecular complexity index is 939. The van der Waals surface area contributed by atoms with Crippen LogP contribution in [0.25, 0.3) is 0 Å². The van der Waals surface area contributed by atoms with E-state index in [2.05, 4.69) is 19.2 Å². The topological polar surface area (TPSA) is 108 Å². The molecule has 0 aliphatic rings. The monoisotopic (exact) mass is 392 g/mol. The molecule has 0 fully saturated rings. The van der Waals surface area contributed by atoms with Gasteiger partial charge in [0.05, 0.1) is 7.11 Å². The summed E-state index contributed by atoms with van der Waals surface area (Å²) in [5.41, 5.74) is 2.59. The van der Waals surface area contributed by atoms with Gasteiger partial charge in [-0.15, -0.1) is 0 Å². The number of carbonyl (C=O) groups is 1. The molecule has 0 saturated carbocycles. The minimum absolute atomic E-state index is 0.104. The largest absolute Gasteiger partial charge is 0.495 e. The van der Waals surface area contributed by atoms with Crippen LogP contribution in [0.15, 0.2) is 41.3 Å². The van der Waals surface area contributed by atoms with E-state index in [0.717, 1.165) is 5.56 Å². The third-order valence-corrected chi connectivity index (χ3v) is 4.92. The van der Waals surface area contributed by atoms with Crippen molar-refractivity contribution < 1.29 is 22.7 Å². The van der Waals surface area contributed by atoms with Gasteiger partial charge in [-0.3, -0.25) is 4.79 Å². The first-order valence-electron chi connectivity index (χ1n) is 8.36. The van der Waals surface area contributed by atoms with E-state index in [1.165, 1.54) is 30.9 Å². The number of methoxy groups -OCH3 is 1. The van der Waals surface area contributed by atoms with Crippen molar-refractivity contribution in [1.82, 2.24) is 0 Å². The van der Waals surface area contributed by atoms with Crippen LogP contribution < -0.4 is 19.9 Å². The Labute approximate surface area is 159 Å². The van der Waals surface area contributed by atoms with Crippen LogP contribution >= 0.6 is 0 Å². The van der Waals surface area contributed by atoms with Crippen LogP contribution in [0.5, 0.6) is 11.5 Å². The third-order valence-electron chi connectivity index (χ3n) is 3.99. The molecule has 2 aromatic carbocycles. The molecule has 3 N–H and O–H groups in total. The van der Waals surface area contributed by atoms with E-state index in [0.29, 0.717) is 11.7 Å². The summed E-state index contributed by atoms with van der Waals surface area (Å²) in [7, 11) is -2.65. The van der Waals surface area contributed by atoms with E-state index in [9.17, 15) is 13.2 Å². The van der Waals surface area contributed by atoms with Gasteiger partial charge in [0.15, 0.2) is 6.61 Å². The molecule has 1 amide bonds. The molecule has 146 valence electrons. The number of amides is 1. The number of primary sulfonamides is 1. The summed E-state index contributed by atoms with van der Waals surface area (Å²) in [5.74, 6) is 0.677. The van der Waals surface area contributed by atoms with Crippen LogP contribution in [-0.4, -0.2) is 28.0 Å². The van der Waals surface area contributed by atoms with Crippen molar-refractivity contribution in [2.75, 3.05) is 19.0 Å². The number of rotatable bonds is 7. The summed E-state index contributed by atoms with van der Waals surface area (Å²) in [6, 6.07) is 9.87. The van der Waals surface area contributed by atoms with Gasteiger partial charge in [0.1, 0.15) is 16.4 Å². The second kappa shape index (κ2) is 8.41. The molecular weight excluding hydrogens is 368 g/mol. The Morgan fingerprint density at radius 1 is 1.19 bits per heavy atom. The average molecular weight is 392 g/mol. The molecule has 0 bridgehead atoms. The molecule has 0 atom stereocenters. The van der Waals surface area contributed by atoms with Crippen molar-refractivity contribution >= 4 is 21.6 Å². The number of nitrogens with two attached hydrogens (primary N) is 1. The first kappa shape index (κ1) is 20.7. The lowest BCUT2D eigenvalue weighted by atomic mass is 9.98. The maximum absolute atomic E-state index is 12.1. The lowest BCUT2D eigenvalue weighted by Crippen LogP contribution is -2.21. The maximum Gasteiger partial charge on any atom is 0.262 e. The summed E-state index contributed by atoms with van der Waals surface area (Å²) in [4.78, 5) is 11.9. The van der Waals surface area contributed by atoms with E-state index in [1.807, 2.05) is 25.1 Å². The maximum atomic E-state index is 12.1. The second-order valence-electron chi connectivity index (χ2n) is 6.42. The smallest absolute Gasteiger partial charge is 0.262 e. The van der Waals surface area contributed by atoms with Gasteiger partial charge in [-0.2, -0.15) is 0 Å². The summed E-state index contributed by atoms with van der Waals surface area (Å²) in [6.45, 7) is 6.01. The molecule has 0 spiro atoms. The quantitative estimate of drug-likeness (QED) is 0.753. The summed E-state index contributed by atoms with van der Waals surface area (Å²) in [5, 5.41) is 7.75. The highest BCUT2D eigenvalue weighted by atomic mass is 32.2. The molecule has 2 aromatic rings. The highest BCUT2D eigenvalue weighted by Crippen LogP contribution is 2.26. The third kappa shape index (κ3) is 5.45. The number of hydrogen-bond acceptors (Lipinski definition) is 5. The lowest BCUT2D eigenvalue weighted by molar-refractivity contribution is -0.118. The zero-order valence-corrected chi connectivity index (χ0v) is 16.6. The van der Waals surface area contributed by atoms with Gasteiger partial charge in [0.2, 0.25) is 10.0 Å².